The van der Waals surface area contributed by atoms with Crippen molar-refractivity contribution in [3.63, 3.8) is 0 Å². The number of carbonyl (C=O) groups is 1. The Hall–Kier alpha value is -2.11. The average Bonchev–Trinajstić information content (AvgIpc) is 2.35. The molecule has 0 radical (unpaired) electrons. The topological polar surface area (TPSA) is 59.9 Å². The lowest BCUT2D eigenvalue weighted by molar-refractivity contribution is 0.171. The highest BCUT2D eigenvalue weighted by Crippen LogP contribution is 2.17. The highest BCUT2D eigenvalue weighted by Gasteiger charge is 2.06. The molecule has 0 atom stereocenters. The van der Waals surface area contributed by atoms with Crippen molar-refractivity contribution >= 4 is 11.8 Å². The van der Waals surface area contributed by atoms with E-state index in [0.29, 0.717) is 11.3 Å². The van der Waals surface area contributed by atoms with Crippen LogP contribution in [0.2, 0.25) is 0 Å². The summed E-state index contributed by atoms with van der Waals surface area (Å²) in [6.45, 7) is 1.64. The lowest BCUT2D eigenvalue weighted by atomic mass is 10.1. The second-order valence-electron chi connectivity index (χ2n) is 3.15. The molecule has 0 heterocycles. The van der Waals surface area contributed by atoms with Crippen LogP contribution in [0.1, 0.15) is 12.5 Å². The predicted molar refractivity (Wildman–Crippen MR) is 60.7 cm³/mol. The summed E-state index contributed by atoms with van der Waals surface area (Å²) in [5.74, 6) is -0.333. The summed E-state index contributed by atoms with van der Waals surface area (Å²) in [6, 6.07) is 4.40. The number of nitrogens with zero attached hydrogens (tertiary/aromatic N) is 1. The summed E-state index contributed by atoms with van der Waals surface area (Å²) in [5, 5.41) is 3.75. The molecule has 1 rings (SSSR count). The molecule has 0 aliphatic carbocycles. The zero-order chi connectivity index (χ0) is 12.8. The van der Waals surface area contributed by atoms with Gasteiger partial charge in [0.2, 0.25) is 0 Å². The Bertz CT molecular complexity index is 446. The fourth-order valence-corrected chi connectivity index (χ4v) is 1.13. The molecular weight excluding hydrogens is 227 g/mol. The molecule has 0 spiro atoms. The number of nitrogens with one attached hydrogen (secondary N) is 1. The van der Waals surface area contributed by atoms with E-state index >= 15 is 0 Å². The molecule has 1 aromatic carbocycles. The second-order valence-corrected chi connectivity index (χ2v) is 3.15. The zero-order valence-corrected chi connectivity index (χ0v) is 9.78. The molecule has 0 fully saturated rings. The quantitative estimate of drug-likeness (QED) is 0.648. The second kappa shape index (κ2) is 5.83. The largest absolute Gasteiger partial charge is 0.494 e. The SMILES string of the molecule is COC(=O)N/N=C(/C)c1ccc(OC)c(F)c1. The van der Waals surface area contributed by atoms with E-state index < -0.39 is 11.9 Å². The predicted octanol–water partition coefficient (Wildman–Crippen LogP) is 1.91. The van der Waals surface area contributed by atoms with Crippen molar-refractivity contribution in [2.75, 3.05) is 14.2 Å². The Morgan fingerprint density at radius 1 is 1.41 bits per heavy atom. The lowest BCUT2D eigenvalue weighted by Crippen LogP contribution is -2.18. The molecule has 6 heteroatoms. The molecule has 0 aliphatic heterocycles. The summed E-state index contributed by atoms with van der Waals surface area (Å²) in [4.78, 5) is 10.8. The summed E-state index contributed by atoms with van der Waals surface area (Å²) in [5.41, 5.74) is 3.15. The van der Waals surface area contributed by atoms with E-state index in [1.54, 1.807) is 13.0 Å². The molecule has 0 bridgehead atoms. The van der Waals surface area contributed by atoms with Crippen LogP contribution < -0.4 is 10.2 Å². The first-order valence-electron chi connectivity index (χ1n) is 4.80. The molecule has 0 unspecified atom stereocenters. The number of amides is 1. The molecule has 5 nitrogen and oxygen atoms in total. The summed E-state index contributed by atoms with van der Waals surface area (Å²) in [7, 11) is 2.62. The number of methoxy groups -OCH3 is 2. The molecule has 17 heavy (non-hydrogen) atoms. The monoisotopic (exact) mass is 240 g/mol. The van der Waals surface area contributed by atoms with Gasteiger partial charge < -0.3 is 9.47 Å². The first kappa shape index (κ1) is 13.0. The molecule has 0 saturated carbocycles. The van der Waals surface area contributed by atoms with Crippen LogP contribution in [-0.4, -0.2) is 26.0 Å². The van der Waals surface area contributed by atoms with Crippen LogP contribution in [0.25, 0.3) is 0 Å². The minimum atomic E-state index is -0.682. The summed E-state index contributed by atoms with van der Waals surface area (Å²) >= 11 is 0. The van der Waals surface area contributed by atoms with Crippen LogP contribution in [-0.2, 0) is 4.74 Å². The molecule has 0 aromatic heterocycles. The van der Waals surface area contributed by atoms with Crippen LogP contribution >= 0.6 is 0 Å². The molecule has 92 valence electrons. The number of halogens is 1. The van der Waals surface area contributed by atoms with Crippen molar-refractivity contribution < 1.29 is 18.7 Å². The number of hydrogen-bond donors (Lipinski definition) is 1. The Morgan fingerprint density at radius 3 is 2.65 bits per heavy atom. The van der Waals surface area contributed by atoms with Crippen molar-refractivity contribution in [2.24, 2.45) is 5.10 Å². The van der Waals surface area contributed by atoms with Gasteiger partial charge in [-0.1, -0.05) is 0 Å². The first-order chi connectivity index (χ1) is 8.08. The Balaban J connectivity index is 2.85. The maximum Gasteiger partial charge on any atom is 0.427 e. The van der Waals surface area contributed by atoms with Crippen molar-refractivity contribution in [1.82, 2.24) is 5.43 Å². The zero-order valence-electron chi connectivity index (χ0n) is 9.78. The maximum absolute atomic E-state index is 13.4. The number of ether oxygens (including phenoxy) is 2. The van der Waals surface area contributed by atoms with Gasteiger partial charge in [-0.3, -0.25) is 0 Å². The average molecular weight is 240 g/mol. The van der Waals surface area contributed by atoms with E-state index in [4.69, 9.17) is 4.74 Å². The van der Waals surface area contributed by atoms with E-state index in [0.717, 1.165) is 0 Å². The van der Waals surface area contributed by atoms with E-state index in [1.165, 1.54) is 26.4 Å². The number of hydrazone groups is 1. The fourth-order valence-electron chi connectivity index (χ4n) is 1.13. The van der Waals surface area contributed by atoms with Gasteiger partial charge in [-0.2, -0.15) is 5.10 Å². The van der Waals surface area contributed by atoms with Gasteiger partial charge in [0.25, 0.3) is 0 Å². The summed E-state index contributed by atoms with van der Waals surface area (Å²) < 4.78 is 22.5. The third-order valence-corrected chi connectivity index (χ3v) is 2.07. The van der Waals surface area contributed by atoms with Crippen LogP contribution in [0.15, 0.2) is 23.3 Å². The highest BCUT2D eigenvalue weighted by molar-refractivity contribution is 5.99. The molecule has 0 saturated heterocycles. The van der Waals surface area contributed by atoms with Crippen LogP contribution in [0.3, 0.4) is 0 Å². The number of carbonyl (C=O) groups excluding carboxylic acids is 1. The molecule has 0 aliphatic rings. The fraction of sp³-hybridized carbons (Fsp3) is 0.273. The van der Waals surface area contributed by atoms with Crippen molar-refractivity contribution in [2.45, 2.75) is 6.92 Å². The third-order valence-electron chi connectivity index (χ3n) is 2.07. The van der Waals surface area contributed by atoms with E-state index in [2.05, 4.69) is 15.3 Å². The maximum atomic E-state index is 13.4. The van der Waals surface area contributed by atoms with Crippen LogP contribution in [0, 0.1) is 5.82 Å². The van der Waals surface area contributed by atoms with Crippen molar-refractivity contribution in [1.29, 1.82) is 0 Å². The van der Waals surface area contributed by atoms with Crippen LogP contribution in [0.5, 0.6) is 5.75 Å². The van der Waals surface area contributed by atoms with Crippen molar-refractivity contribution in [3.05, 3.63) is 29.6 Å². The number of rotatable bonds is 3. The number of hydrogen-bond acceptors (Lipinski definition) is 4. The molecule has 1 aromatic rings. The smallest absolute Gasteiger partial charge is 0.427 e. The molecule has 1 amide bonds. The van der Waals surface area contributed by atoms with Gasteiger partial charge in [0.15, 0.2) is 11.6 Å². The van der Waals surface area contributed by atoms with Gasteiger partial charge in [0, 0.05) is 5.56 Å². The molecular formula is C11H13FN2O3. The first-order valence-corrected chi connectivity index (χ1v) is 4.80. The van der Waals surface area contributed by atoms with Gasteiger partial charge in [0.05, 0.1) is 19.9 Å². The molecule has 1 N–H and O–H groups in total. The third kappa shape index (κ3) is 3.44. The van der Waals surface area contributed by atoms with Gasteiger partial charge in [-0.05, 0) is 25.1 Å². The van der Waals surface area contributed by atoms with E-state index in [-0.39, 0.29) is 5.75 Å². The standard InChI is InChI=1S/C11H13FN2O3/c1-7(13-14-11(15)17-3)8-4-5-10(16-2)9(12)6-8/h4-6H,1-3H3,(H,14,15)/b13-7-. The minimum absolute atomic E-state index is 0.155. The van der Waals surface area contributed by atoms with Gasteiger partial charge >= 0.3 is 6.09 Å². The Morgan fingerprint density at radius 2 is 2.12 bits per heavy atom. The normalized spacial score (nSPS) is 10.9. The van der Waals surface area contributed by atoms with Gasteiger partial charge in [0.1, 0.15) is 0 Å². The van der Waals surface area contributed by atoms with Gasteiger partial charge in [-0.15, -0.1) is 0 Å². The van der Waals surface area contributed by atoms with E-state index in [9.17, 15) is 9.18 Å². The minimum Gasteiger partial charge on any atom is -0.494 e. The Labute approximate surface area is 98.2 Å². The lowest BCUT2D eigenvalue weighted by Gasteiger charge is -2.05. The Kier molecular flexibility index (Phi) is 4.45. The van der Waals surface area contributed by atoms with Crippen LogP contribution in [0.4, 0.5) is 9.18 Å². The number of benzene rings is 1. The van der Waals surface area contributed by atoms with E-state index in [1.807, 2.05) is 0 Å². The summed E-state index contributed by atoms with van der Waals surface area (Å²) in [6.07, 6.45) is -0.682. The van der Waals surface area contributed by atoms with Crippen molar-refractivity contribution in [3.8, 4) is 5.75 Å². The van der Waals surface area contributed by atoms with Gasteiger partial charge in [-0.25, -0.2) is 14.6 Å². The highest BCUT2D eigenvalue weighted by atomic mass is 19.1.